The second kappa shape index (κ2) is 3.97. The van der Waals surface area contributed by atoms with Crippen LogP contribution in [0, 0.1) is 0 Å². The van der Waals surface area contributed by atoms with Crippen molar-refractivity contribution in [1.29, 1.82) is 0 Å². The second-order valence-corrected chi connectivity index (χ2v) is 5.12. The number of hydrogen-bond acceptors (Lipinski definition) is 5. The monoisotopic (exact) mass is 238 g/mol. The van der Waals surface area contributed by atoms with Crippen molar-refractivity contribution >= 4 is 17.7 Å². The zero-order chi connectivity index (χ0) is 11.8. The SMILES string of the molecule is CSc1cc(C2=NC(C)(C)CO2)cnc1O. The summed E-state index contributed by atoms with van der Waals surface area (Å²) in [6.45, 7) is 4.62. The number of hydrogen-bond donors (Lipinski definition) is 1. The molecule has 0 bridgehead atoms. The van der Waals surface area contributed by atoms with Crippen LogP contribution >= 0.6 is 11.8 Å². The fraction of sp³-hybridized carbons (Fsp3) is 0.455. The van der Waals surface area contributed by atoms with Crippen LogP contribution in [0.3, 0.4) is 0 Å². The summed E-state index contributed by atoms with van der Waals surface area (Å²) < 4.78 is 5.51. The Morgan fingerprint density at radius 3 is 2.81 bits per heavy atom. The summed E-state index contributed by atoms with van der Waals surface area (Å²) in [7, 11) is 0. The molecule has 5 heteroatoms. The lowest BCUT2D eigenvalue weighted by atomic mass is 10.1. The fourth-order valence-electron chi connectivity index (χ4n) is 1.44. The van der Waals surface area contributed by atoms with Gasteiger partial charge < -0.3 is 9.84 Å². The van der Waals surface area contributed by atoms with E-state index in [1.165, 1.54) is 11.8 Å². The predicted molar refractivity (Wildman–Crippen MR) is 64.3 cm³/mol. The summed E-state index contributed by atoms with van der Waals surface area (Å²) >= 11 is 1.45. The van der Waals surface area contributed by atoms with Gasteiger partial charge in [0.1, 0.15) is 6.61 Å². The largest absolute Gasteiger partial charge is 0.492 e. The number of thioether (sulfide) groups is 1. The highest BCUT2D eigenvalue weighted by Crippen LogP contribution is 2.27. The standard InChI is InChI=1S/C11H14N2O2S/c1-11(2)6-15-10(13-11)7-4-8(16-3)9(14)12-5-7/h4-5H,6H2,1-3H3,(H,12,14). The molecule has 0 unspecified atom stereocenters. The maximum atomic E-state index is 9.47. The number of aromatic nitrogens is 1. The zero-order valence-electron chi connectivity index (χ0n) is 9.52. The van der Waals surface area contributed by atoms with Crippen LogP contribution in [0.2, 0.25) is 0 Å². The third-order valence-electron chi connectivity index (χ3n) is 2.27. The van der Waals surface area contributed by atoms with Crippen LogP contribution in [0.15, 0.2) is 22.2 Å². The fourth-order valence-corrected chi connectivity index (χ4v) is 1.92. The van der Waals surface area contributed by atoms with E-state index in [2.05, 4.69) is 9.98 Å². The minimum atomic E-state index is -0.174. The first-order chi connectivity index (χ1) is 7.52. The summed E-state index contributed by atoms with van der Waals surface area (Å²) in [6, 6.07) is 1.84. The highest BCUT2D eigenvalue weighted by Gasteiger charge is 2.27. The van der Waals surface area contributed by atoms with Gasteiger partial charge in [0.2, 0.25) is 11.8 Å². The highest BCUT2D eigenvalue weighted by atomic mass is 32.2. The van der Waals surface area contributed by atoms with Crippen LogP contribution in [0.5, 0.6) is 5.88 Å². The molecule has 16 heavy (non-hydrogen) atoms. The summed E-state index contributed by atoms with van der Waals surface area (Å²) in [6.07, 6.45) is 3.47. The van der Waals surface area contributed by atoms with Gasteiger partial charge in [-0.2, -0.15) is 0 Å². The van der Waals surface area contributed by atoms with Gasteiger partial charge in [0, 0.05) is 6.20 Å². The Morgan fingerprint density at radius 1 is 1.50 bits per heavy atom. The van der Waals surface area contributed by atoms with Crippen molar-refractivity contribution in [3.05, 3.63) is 17.8 Å². The van der Waals surface area contributed by atoms with Crippen molar-refractivity contribution in [2.24, 2.45) is 4.99 Å². The minimum absolute atomic E-state index is 0.0501. The predicted octanol–water partition coefficient (Wildman–Crippen LogP) is 2.06. The molecule has 2 heterocycles. The maximum Gasteiger partial charge on any atom is 0.224 e. The van der Waals surface area contributed by atoms with Gasteiger partial charge in [-0.15, -0.1) is 11.8 Å². The van der Waals surface area contributed by atoms with Gasteiger partial charge in [0.05, 0.1) is 16.0 Å². The summed E-state index contributed by atoms with van der Waals surface area (Å²) in [4.78, 5) is 9.11. The van der Waals surface area contributed by atoms with E-state index in [9.17, 15) is 5.11 Å². The van der Waals surface area contributed by atoms with Gasteiger partial charge >= 0.3 is 0 Å². The molecule has 0 aromatic carbocycles. The molecule has 0 amide bonds. The quantitative estimate of drug-likeness (QED) is 0.801. The molecule has 0 fully saturated rings. The van der Waals surface area contributed by atoms with Gasteiger partial charge in [0.25, 0.3) is 0 Å². The Hall–Kier alpha value is -1.23. The molecule has 1 aromatic heterocycles. The molecule has 0 saturated carbocycles. The lowest BCUT2D eigenvalue weighted by Crippen LogP contribution is -2.17. The van der Waals surface area contributed by atoms with Gasteiger partial charge in [-0.05, 0) is 26.2 Å². The average Bonchev–Trinajstić information content (AvgIpc) is 2.59. The minimum Gasteiger partial charge on any atom is -0.492 e. The molecule has 86 valence electrons. The van der Waals surface area contributed by atoms with Gasteiger partial charge in [-0.25, -0.2) is 9.98 Å². The molecule has 1 N–H and O–H groups in total. The van der Waals surface area contributed by atoms with Crippen molar-refractivity contribution in [3.63, 3.8) is 0 Å². The summed E-state index contributed by atoms with van der Waals surface area (Å²) in [5, 5.41) is 9.47. The first kappa shape index (κ1) is 11.3. The molecule has 1 aliphatic rings. The Kier molecular flexibility index (Phi) is 2.80. The van der Waals surface area contributed by atoms with Crippen LogP contribution in [0.25, 0.3) is 0 Å². The van der Waals surface area contributed by atoms with Crippen molar-refractivity contribution in [2.45, 2.75) is 24.3 Å². The van der Waals surface area contributed by atoms with Crippen molar-refractivity contribution in [3.8, 4) is 5.88 Å². The third-order valence-corrected chi connectivity index (χ3v) is 3.01. The molecule has 0 radical (unpaired) electrons. The summed E-state index contributed by atoms with van der Waals surface area (Å²) in [5.41, 5.74) is 0.639. The van der Waals surface area contributed by atoms with Crippen LogP contribution in [-0.4, -0.2) is 34.4 Å². The van der Waals surface area contributed by atoms with Crippen LogP contribution in [0.4, 0.5) is 0 Å². The number of ether oxygens (including phenoxy) is 1. The van der Waals surface area contributed by atoms with E-state index in [-0.39, 0.29) is 11.4 Å². The number of aliphatic imine (C=N–C) groups is 1. The maximum absolute atomic E-state index is 9.47. The van der Waals surface area contributed by atoms with E-state index >= 15 is 0 Å². The number of pyridine rings is 1. The molecular formula is C11H14N2O2S. The van der Waals surface area contributed by atoms with E-state index in [4.69, 9.17) is 4.74 Å². The average molecular weight is 238 g/mol. The first-order valence-electron chi connectivity index (χ1n) is 4.98. The highest BCUT2D eigenvalue weighted by molar-refractivity contribution is 7.98. The molecule has 0 atom stereocenters. The van der Waals surface area contributed by atoms with Crippen molar-refractivity contribution in [2.75, 3.05) is 12.9 Å². The van der Waals surface area contributed by atoms with Gasteiger partial charge in [-0.3, -0.25) is 0 Å². The van der Waals surface area contributed by atoms with E-state index in [0.29, 0.717) is 12.5 Å². The molecule has 1 aromatic rings. The molecule has 0 saturated heterocycles. The van der Waals surface area contributed by atoms with Crippen LogP contribution in [-0.2, 0) is 4.74 Å². The lowest BCUT2D eigenvalue weighted by molar-refractivity contribution is 0.279. The van der Waals surface area contributed by atoms with Crippen LogP contribution < -0.4 is 0 Å². The Labute approximate surface area is 98.8 Å². The smallest absolute Gasteiger partial charge is 0.224 e. The third kappa shape index (κ3) is 2.14. The Bertz CT molecular complexity index is 444. The number of rotatable bonds is 2. The molecule has 4 nitrogen and oxygen atoms in total. The van der Waals surface area contributed by atoms with Crippen molar-refractivity contribution in [1.82, 2.24) is 4.98 Å². The first-order valence-corrected chi connectivity index (χ1v) is 6.20. The normalized spacial score (nSPS) is 18.1. The van der Waals surface area contributed by atoms with E-state index in [0.717, 1.165) is 10.5 Å². The molecule has 1 aliphatic heterocycles. The van der Waals surface area contributed by atoms with E-state index in [1.807, 2.05) is 26.2 Å². The van der Waals surface area contributed by atoms with Crippen LogP contribution in [0.1, 0.15) is 19.4 Å². The Balaban J connectivity index is 2.35. The van der Waals surface area contributed by atoms with E-state index < -0.39 is 0 Å². The molecule has 2 rings (SSSR count). The Morgan fingerprint density at radius 2 is 2.25 bits per heavy atom. The molecule has 0 spiro atoms. The van der Waals surface area contributed by atoms with Gasteiger partial charge in [-0.1, -0.05) is 0 Å². The second-order valence-electron chi connectivity index (χ2n) is 4.27. The number of nitrogens with zero attached hydrogens (tertiary/aromatic N) is 2. The van der Waals surface area contributed by atoms with E-state index in [1.54, 1.807) is 6.20 Å². The lowest BCUT2D eigenvalue weighted by Gasteiger charge is -2.07. The summed E-state index contributed by atoms with van der Waals surface area (Å²) in [5.74, 6) is 0.655. The number of aromatic hydroxyl groups is 1. The topological polar surface area (TPSA) is 54.7 Å². The molecular weight excluding hydrogens is 224 g/mol. The van der Waals surface area contributed by atoms with Crippen molar-refractivity contribution < 1.29 is 9.84 Å². The van der Waals surface area contributed by atoms with Gasteiger partial charge in [0.15, 0.2) is 0 Å². The molecule has 0 aliphatic carbocycles. The zero-order valence-corrected chi connectivity index (χ0v) is 10.3.